The van der Waals surface area contributed by atoms with Gasteiger partial charge in [-0.15, -0.1) is 0 Å². The van der Waals surface area contributed by atoms with Crippen LogP contribution in [0.25, 0.3) is 0 Å². The van der Waals surface area contributed by atoms with Crippen molar-refractivity contribution >= 4 is 29.4 Å². The number of ether oxygens (including phenoxy) is 1. The third-order valence-electron chi connectivity index (χ3n) is 4.45. The van der Waals surface area contributed by atoms with Crippen LogP contribution in [0.15, 0.2) is 30.4 Å². The molecule has 2 atom stereocenters. The fraction of sp³-hybridized carbons (Fsp3) is 0.333. The van der Waals surface area contributed by atoms with Gasteiger partial charge in [0.25, 0.3) is 5.91 Å². The van der Waals surface area contributed by atoms with E-state index in [4.69, 9.17) is 4.74 Å². The van der Waals surface area contributed by atoms with Gasteiger partial charge in [-0.05, 0) is 25.0 Å². The summed E-state index contributed by atoms with van der Waals surface area (Å²) < 4.78 is 30.7. The number of allylic oxidation sites excluding steroid dienone is 2. The molecule has 1 aliphatic heterocycles. The van der Waals surface area contributed by atoms with E-state index in [-0.39, 0.29) is 5.69 Å². The number of amides is 3. The predicted molar refractivity (Wildman–Crippen MR) is 88.0 cm³/mol. The van der Waals surface area contributed by atoms with Gasteiger partial charge in [-0.25, -0.2) is 8.78 Å². The molecule has 1 saturated heterocycles. The molecule has 0 saturated carbocycles. The Labute approximate surface area is 153 Å². The van der Waals surface area contributed by atoms with Crippen molar-refractivity contribution in [3.05, 3.63) is 42.0 Å². The van der Waals surface area contributed by atoms with Crippen molar-refractivity contribution in [2.75, 3.05) is 18.5 Å². The first-order valence-corrected chi connectivity index (χ1v) is 8.27. The number of carbonyl (C=O) groups excluding carboxylic acids is 4. The van der Waals surface area contributed by atoms with Crippen molar-refractivity contribution in [1.29, 1.82) is 0 Å². The monoisotopic (exact) mass is 378 g/mol. The highest BCUT2D eigenvalue weighted by Gasteiger charge is 2.47. The molecule has 0 spiro atoms. The molecule has 3 rings (SSSR count). The van der Waals surface area contributed by atoms with Gasteiger partial charge in [0, 0.05) is 11.8 Å². The van der Waals surface area contributed by atoms with Crippen LogP contribution in [0.5, 0.6) is 0 Å². The molecule has 0 aromatic heterocycles. The van der Waals surface area contributed by atoms with Crippen LogP contribution in [0.1, 0.15) is 12.8 Å². The van der Waals surface area contributed by atoms with Crippen LogP contribution in [0, 0.1) is 23.5 Å². The maximum Gasteiger partial charge on any atom is 0.326 e. The van der Waals surface area contributed by atoms with Crippen molar-refractivity contribution in [1.82, 2.24) is 4.90 Å². The van der Waals surface area contributed by atoms with E-state index in [9.17, 15) is 28.0 Å². The Bertz CT molecular complexity index is 813. The second-order valence-electron chi connectivity index (χ2n) is 6.26. The molecule has 1 aromatic rings. The zero-order chi connectivity index (χ0) is 19.6. The normalized spacial score (nSPS) is 21.2. The quantitative estimate of drug-likeness (QED) is 0.475. The number of halogens is 2. The number of fused-ring (bicyclic) bond motifs is 1. The van der Waals surface area contributed by atoms with Crippen LogP contribution >= 0.6 is 0 Å². The smallest absolute Gasteiger partial charge is 0.326 e. The van der Waals surface area contributed by atoms with E-state index in [0.29, 0.717) is 12.8 Å². The van der Waals surface area contributed by atoms with E-state index in [1.165, 1.54) is 0 Å². The number of esters is 1. The average Bonchev–Trinajstić information content (AvgIpc) is 2.88. The highest BCUT2D eigenvalue weighted by molar-refractivity contribution is 6.07. The lowest BCUT2D eigenvalue weighted by atomic mass is 9.85. The zero-order valence-corrected chi connectivity index (χ0v) is 14.1. The molecular formula is C18H16F2N2O5. The molecule has 1 heterocycles. The summed E-state index contributed by atoms with van der Waals surface area (Å²) in [7, 11) is 0. The van der Waals surface area contributed by atoms with Crippen LogP contribution in [0.3, 0.4) is 0 Å². The number of carbonyl (C=O) groups is 4. The highest BCUT2D eigenvalue weighted by Crippen LogP contribution is 2.34. The summed E-state index contributed by atoms with van der Waals surface area (Å²) in [6.45, 7) is -1.26. The van der Waals surface area contributed by atoms with Crippen molar-refractivity contribution in [2.45, 2.75) is 12.8 Å². The van der Waals surface area contributed by atoms with E-state index in [2.05, 4.69) is 5.32 Å². The first-order valence-electron chi connectivity index (χ1n) is 8.27. The summed E-state index contributed by atoms with van der Waals surface area (Å²) in [5.41, 5.74) is -0.00331. The Balaban J connectivity index is 1.49. The van der Waals surface area contributed by atoms with Crippen LogP contribution in [0.2, 0.25) is 0 Å². The Morgan fingerprint density at radius 3 is 2.30 bits per heavy atom. The molecular weight excluding hydrogens is 362 g/mol. The second kappa shape index (κ2) is 7.65. The number of nitrogens with zero attached hydrogens (tertiary/aromatic N) is 1. The zero-order valence-electron chi connectivity index (χ0n) is 14.1. The van der Waals surface area contributed by atoms with E-state index in [1.807, 2.05) is 12.2 Å². The maximum atomic E-state index is 13.1. The first-order chi connectivity index (χ1) is 12.9. The maximum absolute atomic E-state index is 13.1. The highest BCUT2D eigenvalue weighted by atomic mass is 19.2. The van der Waals surface area contributed by atoms with Crippen LogP contribution in [-0.4, -0.2) is 41.7 Å². The van der Waals surface area contributed by atoms with Crippen molar-refractivity contribution in [3.63, 3.8) is 0 Å². The van der Waals surface area contributed by atoms with Gasteiger partial charge < -0.3 is 10.1 Å². The molecule has 1 aliphatic carbocycles. The molecule has 27 heavy (non-hydrogen) atoms. The number of likely N-dealkylation sites (tertiary alicyclic amines) is 1. The standard InChI is InChI=1S/C18H16F2N2O5/c19-13-6-5-10(7-14(13)20)21-15(23)9-27-16(24)8-22-17(25)11-3-1-2-4-12(11)18(22)26/h1-2,5-7,11-12H,3-4,8-9H2,(H,21,23)/t11-,12-/m1/s1. The molecule has 1 N–H and O–H groups in total. The SMILES string of the molecule is O=C(COC(=O)CN1C(=O)[C@@H]2CC=CC[C@H]2C1=O)Nc1ccc(F)c(F)c1. The predicted octanol–water partition coefficient (Wildman–Crippen LogP) is 1.40. The molecule has 9 heteroatoms. The minimum Gasteiger partial charge on any atom is -0.454 e. The summed E-state index contributed by atoms with van der Waals surface area (Å²) >= 11 is 0. The number of imide groups is 1. The fourth-order valence-corrected chi connectivity index (χ4v) is 3.12. The van der Waals surface area contributed by atoms with Crippen molar-refractivity contribution in [2.24, 2.45) is 11.8 Å². The minimum absolute atomic E-state index is 0.00331. The average molecular weight is 378 g/mol. The number of rotatable bonds is 5. The van der Waals surface area contributed by atoms with E-state index < -0.39 is 60.3 Å². The largest absolute Gasteiger partial charge is 0.454 e. The van der Waals surface area contributed by atoms with Crippen LogP contribution < -0.4 is 5.32 Å². The molecule has 1 aromatic carbocycles. The molecule has 3 amide bonds. The molecule has 1 fully saturated rings. The van der Waals surface area contributed by atoms with Crippen LogP contribution in [0.4, 0.5) is 14.5 Å². The Morgan fingerprint density at radius 2 is 1.70 bits per heavy atom. The molecule has 142 valence electrons. The van der Waals surface area contributed by atoms with Gasteiger partial charge in [0.2, 0.25) is 11.8 Å². The van der Waals surface area contributed by atoms with E-state index in [0.717, 1.165) is 23.1 Å². The third kappa shape index (κ3) is 4.02. The Hall–Kier alpha value is -3.10. The Kier molecular flexibility index (Phi) is 5.29. The third-order valence-corrected chi connectivity index (χ3v) is 4.45. The summed E-state index contributed by atoms with van der Waals surface area (Å²) in [6.07, 6.45) is 4.57. The lowest BCUT2D eigenvalue weighted by Crippen LogP contribution is -2.37. The topological polar surface area (TPSA) is 92.8 Å². The van der Waals surface area contributed by atoms with Gasteiger partial charge in [-0.1, -0.05) is 12.2 Å². The second-order valence-corrected chi connectivity index (χ2v) is 6.26. The fourth-order valence-electron chi connectivity index (χ4n) is 3.12. The first kappa shape index (κ1) is 18.7. The van der Waals surface area contributed by atoms with Crippen LogP contribution in [-0.2, 0) is 23.9 Å². The van der Waals surface area contributed by atoms with E-state index >= 15 is 0 Å². The minimum atomic E-state index is -1.13. The summed E-state index contributed by atoms with van der Waals surface area (Å²) in [4.78, 5) is 48.9. The van der Waals surface area contributed by atoms with Crippen molar-refractivity contribution < 1.29 is 32.7 Å². The molecule has 2 aliphatic rings. The lowest BCUT2D eigenvalue weighted by molar-refractivity contribution is -0.154. The van der Waals surface area contributed by atoms with Gasteiger partial charge in [0.1, 0.15) is 6.54 Å². The lowest BCUT2D eigenvalue weighted by Gasteiger charge is -2.14. The van der Waals surface area contributed by atoms with Gasteiger partial charge >= 0.3 is 5.97 Å². The van der Waals surface area contributed by atoms with Gasteiger partial charge in [0.05, 0.1) is 11.8 Å². The number of benzene rings is 1. The molecule has 0 radical (unpaired) electrons. The molecule has 7 nitrogen and oxygen atoms in total. The summed E-state index contributed by atoms with van der Waals surface area (Å²) in [6, 6.07) is 2.78. The number of nitrogens with one attached hydrogen (secondary N) is 1. The Morgan fingerprint density at radius 1 is 1.07 bits per heavy atom. The molecule has 0 bridgehead atoms. The summed E-state index contributed by atoms with van der Waals surface area (Å²) in [5.74, 6) is -5.62. The molecule has 0 unspecified atom stereocenters. The van der Waals surface area contributed by atoms with E-state index in [1.54, 1.807) is 0 Å². The van der Waals surface area contributed by atoms with Gasteiger partial charge in [-0.3, -0.25) is 24.1 Å². The summed E-state index contributed by atoms with van der Waals surface area (Å²) in [5, 5.41) is 2.24. The number of anilines is 1. The van der Waals surface area contributed by atoms with Gasteiger partial charge in [0.15, 0.2) is 18.2 Å². The number of hydrogen-bond donors (Lipinski definition) is 1. The van der Waals surface area contributed by atoms with Gasteiger partial charge in [-0.2, -0.15) is 0 Å². The number of hydrogen-bond acceptors (Lipinski definition) is 5. The van der Waals surface area contributed by atoms with Crippen molar-refractivity contribution in [3.8, 4) is 0 Å².